The van der Waals surface area contributed by atoms with E-state index in [0.29, 0.717) is 6.07 Å². The normalized spacial score (nSPS) is 12.4. The quantitative estimate of drug-likeness (QED) is 0.835. The van der Waals surface area contributed by atoms with E-state index >= 15 is 0 Å². The molecule has 100 valence electrons. The van der Waals surface area contributed by atoms with Crippen LogP contribution in [0.2, 0.25) is 0 Å². The summed E-state index contributed by atoms with van der Waals surface area (Å²) in [5.74, 6) is -1.71. The van der Waals surface area contributed by atoms with Crippen LogP contribution in [0.5, 0.6) is 0 Å². The third-order valence-electron chi connectivity index (χ3n) is 2.11. The van der Waals surface area contributed by atoms with Gasteiger partial charge in [-0.3, -0.25) is 0 Å². The highest BCUT2D eigenvalue weighted by Gasteiger charge is 2.25. The van der Waals surface area contributed by atoms with Crippen LogP contribution in [0.15, 0.2) is 21.9 Å². The second-order valence-corrected chi connectivity index (χ2v) is 5.94. The Balaban J connectivity index is 3.86. The lowest BCUT2D eigenvalue weighted by molar-refractivity contribution is 0.0695. The Morgan fingerprint density at radius 2 is 1.61 bits per heavy atom. The molecule has 1 aromatic carbocycles. The first kappa shape index (κ1) is 14.5. The number of halogens is 2. The average molecular weight is 300 g/mol. The number of rotatable bonds is 3. The predicted molar refractivity (Wildman–Crippen MR) is 54.7 cm³/mol. The minimum atomic E-state index is -5.37. The molecule has 6 nitrogen and oxygen atoms in total. The number of aromatic carboxylic acids is 1. The van der Waals surface area contributed by atoms with Crippen LogP contribution in [0.1, 0.15) is 15.9 Å². The molecule has 0 saturated heterocycles. The maximum absolute atomic E-state index is 12.9. The van der Waals surface area contributed by atoms with Crippen LogP contribution >= 0.6 is 0 Å². The molecule has 0 amide bonds. The summed E-state index contributed by atoms with van der Waals surface area (Å²) in [6, 6.07) is 0.647. The molecule has 0 aliphatic carbocycles. The smallest absolute Gasteiger partial charge is 0.336 e. The number of carboxylic acid groups (broad SMARTS) is 1. The van der Waals surface area contributed by atoms with Crippen molar-refractivity contribution in [1.29, 1.82) is 0 Å². The summed E-state index contributed by atoms with van der Waals surface area (Å²) in [5, 5.41) is 8.71. The summed E-state index contributed by atoms with van der Waals surface area (Å²) in [4.78, 5) is 8.32. The van der Waals surface area contributed by atoms with Crippen molar-refractivity contribution in [3.63, 3.8) is 0 Å². The molecule has 0 saturated carbocycles. The third kappa shape index (κ3) is 2.82. The zero-order valence-electron chi connectivity index (χ0n) is 8.72. The molecule has 0 radical (unpaired) electrons. The topological polar surface area (TPSA) is 106 Å². The van der Waals surface area contributed by atoms with Crippen LogP contribution in [0.4, 0.5) is 7.77 Å². The number of carboxylic acids is 1. The van der Waals surface area contributed by atoms with Crippen molar-refractivity contribution in [2.24, 2.45) is 0 Å². The van der Waals surface area contributed by atoms with Crippen molar-refractivity contribution in [2.75, 3.05) is 0 Å². The molecule has 0 bridgehead atoms. The Kier molecular flexibility index (Phi) is 3.45. The zero-order valence-corrected chi connectivity index (χ0v) is 10.3. The highest BCUT2D eigenvalue weighted by atomic mass is 32.3. The van der Waals surface area contributed by atoms with Gasteiger partial charge in [-0.05, 0) is 24.6 Å². The van der Waals surface area contributed by atoms with Crippen LogP contribution in [0.3, 0.4) is 0 Å². The molecule has 1 N–H and O–H groups in total. The highest BCUT2D eigenvalue weighted by molar-refractivity contribution is 7.87. The second-order valence-electron chi connectivity index (χ2n) is 3.27. The minimum Gasteiger partial charge on any atom is -0.478 e. The van der Waals surface area contributed by atoms with E-state index in [1.165, 1.54) is 0 Å². The highest BCUT2D eigenvalue weighted by Crippen LogP contribution is 2.26. The molecule has 0 fully saturated rings. The van der Waals surface area contributed by atoms with Crippen LogP contribution < -0.4 is 0 Å². The van der Waals surface area contributed by atoms with Crippen LogP contribution in [0, 0.1) is 6.92 Å². The number of hydrogen-bond donors (Lipinski definition) is 1. The van der Waals surface area contributed by atoms with Crippen molar-refractivity contribution >= 4 is 26.4 Å². The van der Waals surface area contributed by atoms with E-state index < -0.39 is 47.3 Å². The maximum atomic E-state index is 12.9. The van der Waals surface area contributed by atoms with Crippen LogP contribution in [-0.2, 0) is 20.4 Å². The summed E-state index contributed by atoms with van der Waals surface area (Å²) >= 11 is 0. The van der Waals surface area contributed by atoms with Gasteiger partial charge in [0.15, 0.2) is 0 Å². The molecule has 0 aliphatic heterocycles. The van der Waals surface area contributed by atoms with E-state index in [1.807, 2.05) is 0 Å². The van der Waals surface area contributed by atoms with Crippen molar-refractivity contribution in [3.05, 3.63) is 23.3 Å². The lowest BCUT2D eigenvalue weighted by atomic mass is 10.1. The molecule has 0 aliphatic rings. The SMILES string of the molecule is Cc1c(C(=O)O)cc(S(=O)(=O)F)cc1S(=O)(=O)F. The van der Waals surface area contributed by atoms with Gasteiger partial charge in [-0.2, -0.15) is 16.8 Å². The first-order chi connectivity index (χ1) is 7.94. The molecule has 0 spiro atoms. The van der Waals surface area contributed by atoms with Gasteiger partial charge in [-0.25, -0.2) is 4.79 Å². The Hall–Kier alpha value is -1.55. The fourth-order valence-corrected chi connectivity index (χ4v) is 2.61. The molecule has 0 heterocycles. The van der Waals surface area contributed by atoms with Gasteiger partial charge >= 0.3 is 26.4 Å². The van der Waals surface area contributed by atoms with Gasteiger partial charge < -0.3 is 5.11 Å². The van der Waals surface area contributed by atoms with Gasteiger partial charge in [-0.1, -0.05) is 0 Å². The van der Waals surface area contributed by atoms with Gasteiger partial charge in [-0.15, -0.1) is 7.77 Å². The van der Waals surface area contributed by atoms with Gasteiger partial charge in [0, 0.05) is 0 Å². The lowest BCUT2D eigenvalue weighted by Gasteiger charge is -2.07. The largest absolute Gasteiger partial charge is 0.478 e. The van der Waals surface area contributed by atoms with E-state index in [0.717, 1.165) is 6.92 Å². The van der Waals surface area contributed by atoms with E-state index in [4.69, 9.17) is 5.11 Å². The van der Waals surface area contributed by atoms with Gasteiger partial charge in [0.05, 0.1) is 5.56 Å². The third-order valence-corrected chi connectivity index (χ3v) is 3.86. The van der Waals surface area contributed by atoms with Crippen molar-refractivity contribution in [3.8, 4) is 0 Å². The number of benzene rings is 1. The molecular weight excluding hydrogens is 294 g/mol. The first-order valence-corrected chi connectivity index (χ1v) is 6.98. The second kappa shape index (κ2) is 4.28. The molecule has 1 aromatic rings. The monoisotopic (exact) mass is 300 g/mol. The van der Waals surface area contributed by atoms with Gasteiger partial charge in [0.2, 0.25) is 0 Å². The molecule has 1 rings (SSSR count). The first-order valence-electron chi connectivity index (χ1n) is 4.22. The fraction of sp³-hybridized carbons (Fsp3) is 0.125. The fourth-order valence-electron chi connectivity index (χ4n) is 1.28. The van der Waals surface area contributed by atoms with Crippen molar-refractivity contribution in [2.45, 2.75) is 16.7 Å². The summed E-state index contributed by atoms with van der Waals surface area (Å²) in [6.07, 6.45) is 0. The molecule has 10 heteroatoms. The summed E-state index contributed by atoms with van der Waals surface area (Å²) in [7, 11) is -10.7. The predicted octanol–water partition coefficient (Wildman–Crippen LogP) is 1.01. The number of hydrogen-bond acceptors (Lipinski definition) is 5. The van der Waals surface area contributed by atoms with Crippen LogP contribution in [0.25, 0.3) is 0 Å². The summed E-state index contributed by atoms with van der Waals surface area (Å²) < 4.78 is 68.3. The molecular formula is C8H6F2O6S2. The van der Waals surface area contributed by atoms with Crippen molar-refractivity contribution < 1.29 is 34.5 Å². The van der Waals surface area contributed by atoms with Gasteiger partial charge in [0.25, 0.3) is 0 Å². The number of carbonyl (C=O) groups is 1. The molecule has 0 aromatic heterocycles. The Bertz CT molecular complexity index is 720. The summed E-state index contributed by atoms with van der Waals surface area (Å²) in [6.45, 7) is 0.963. The molecule has 0 unspecified atom stereocenters. The lowest BCUT2D eigenvalue weighted by Crippen LogP contribution is -2.08. The van der Waals surface area contributed by atoms with Crippen molar-refractivity contribution in [1.82, 2.24) is 0 Å². The van der Waals surface area contributed by atoms with Crippen LogP contribution in [-0.4, -0.2) is 27.9 Å². The van der Waals surface area contributed by atoms with Gasteiger partial charge in [0.1, 0.15) is 9.79 Å². The standard InChI is InChI=1S/C8H6F2O6S2/c1-4-6(8(11)12)2-5(17(9,13)14)3-7(4)18(10,15)16/h2-3H,1H3,(H,11,12). The minimum absolute atomic E-state index is 0.229. The maximum Gasteiger partial charge on any atom is 0.336 e. The Morgan fingerprint density at radius 1 is 1.11 bits per heavy atom. The Labute approximate surface area is 101 Å². The van der Waals surface area contributed by atoms with E-state index in [-0.39, 0.29) is 6.07 Å². The molecule has 18 heavy (non-hydrogen) atoms. The zero-order chi connectivity index (χ0) is 14.3. The van der Waals surface area contributed by atoms with E-state index in [2.05, 4.69) is 0 Å². The Morgan fingerprint density at radius 3 is 1.94 bits per heavy atom. The summed E-state index contributed by atoms with van der Waals surface area (Å²) in [5.41, 5.74) is -1.33. The molecule has 0 atom stereocenters. The average Bonchev–Trinajstić information content (AvgIpc) is 2.13. The van der Waals surface area contributed by atoms with E-state index in [9.17, 15) is 29.4 Å². The van der Waals surface area contributed by atoms with E-state index in [1.54, 1.807) is 0 Å².